The number of halogens is 1. The summed E-state index contributed by atoms with van der Waals surface area (Å²) >= 11 is 3.37. The van der Waals surface area contributed by atoms with Crippen LogP contribution < -0.4 is 9.46 Å². The van der Waals surface area contributed by atoms with Gasteiger partial charge in [0.05, 0.1) is 12.0 Å². The Hall–Kier alpha value is -0.590. The van der Waals surface area contributed by atoms with Crippen LogP contribution in [-0.4, -0.2) is 26.9 Å². The van der Waals surface area contributed by atoms with E-state index in [-0.39, 0.29) is 4.90 Å². The first kappa shape index (κ1) is 14.5. The van der Waals surface area contributed by atoms with Crippen LogP contribution in [0.3, 0.4) is 0 Å². The minimum Gasteiger partial charge on any atom is -0.497 e. The third-order valence-corrected chi connectivity index (χ3v) is 4.14. The predicted octanol–water partition coefficient (Wildman–Crippen LogP) is 2.15. The second-order valence-electron chi connectivity index (χ2n) is 3.64. The van der Waals surface area contributed by atoms with Crippen LogP contribution in [0.15, 0.2) is 29.2 Å². The van der Waals surface area contributed by atoms with E-state index in [1.807, 2.05) is 6.92 Å². The fourth-order valence-corrected chi connectivity index (χ4v) is 2.51. The van der Waals surface area contributed by atoms with Crippen molar-refractivity contribution < 1.29 is 13.2 Å². The molecular weight excluding hydrogens is 306 g/mol. The molecule has 6 heteroatoms. The summed E-state index contributed by atoms with van der Waals surface area (Å²) in [6, 6.07) is 6.31. The maximum absolute atomic E-state index is 11.8. The second-order valence-corrected chi connectivity index (χ2v) is 6.97. The lowest BCUT2D eigenvalue weighted by Gasteiger charge is -2.08. The highest BCUT2D eigenvalue weighted by molar-refractivity contribution is 9.09. The normalized spacial score (nSPS) is 13.4. The van der Waals surface area contributed by atoms with Crippen LogP contribution in [0.5, 0.6) is 5.75 Å². The molecule has 0 saturated heterocycles. The van der Waals surface area contributed by atoms with Gasteiger partial charge in [0.25, 0.3) is 0 Å². The van der Waals surface area contributed by atoms with E-state index in [1.54, 1.807) is 19.2 Å². The smallest absolute Gasteiger partial charge is 0.240 e. The second kappa shape index (κ2) is 6.37. The fourth-order valence-electron chi connectivity index (χ4n) is 1.23. The molecule has 4 nitrogen and oxygen atoms in total. The Bertz CT molecular complexity index is 442. The van der Waals surface area contributed by atoms with E-state index in [0.717, 1.165) is 6.42 Å². The topological polar surface area (TPSA) is 55.4 Å². The molecule has 1 atom stereocenters. The molecule has 1 aromatic carbocycles. The van der Waals surface area contributed by atoms with E-state index < -0.39 is 10.0 Å². The molecule has 0 spiro atoms. The molecule has 0 aliphatic carbocycles. The van der Waals surface area contributed by atoms with Gasteiger partial charge in [0.2, 0.25) is 10.0 Å². The molecule has 1 aromatic rings. The summed E-state index contributed by atoms with van der Waals surface area (Å²) < 4.78 is 31.2. The fraction of sp³-hybridized carbons (Fsp3) is 0.455. The SMILES string of the molecule is COc1ccc(S(=O)(=O)NCCC(C)Br)cc1. The third-order valence-electron chi connectivity index (χ3n) is 2.20. The van der Waals surface area contributed by atoms with E-state index in [1.165, 1.54) is 12.1 Å². The molecule has 0 radical (unpaired) electrons. The highest BCUT2D eigenvalue weighted by atomic mass is 79.9. The zero-order chi connectivity index (χ0) is 12.9. The van der Waals surface area contributed by atoms with Crippen LogP contribution in [0.25, 0.3) is 0 Å². The molecule has 0 aliphatic rings. The first-order valence-electron chi connectivity index (χ1n) is 5.23. The average Bonchev–Trinajstić information content (AvgIpc) is 2.28. The van der Waals surface area contributed by atoms with Gasteiger partial charge in [-0.3, -0.25) is 0 Å². The standard InChI is InChI=1S/C11H16BrNO3S/c1-9(12)7-8-13-17(14,15)11-5-3-10(16-2)4-6-11/h3-6,9,13H,7-8H2,1-2H3. The zero-order valence-corrected chi connectivity index (χ0v) is 12.2. The maximum Gasteiger partial charge on any atom is 0.240 e. The number of benzene rings is 1. The summed E-state index contributed by atoms with van der Waals surface area (Å²) in [4.78, 5) is 0.543. The molecule has 0 saturated carbocycles. The number of hydrogen-bond acceptors (Lipinski definition) is 3. The summed E-state index contributed by atoms with van der Waals surface area (Å²) in [6.45, 7) is 2.39. The lowest BCUT2D eigenvalue weighted by Crippen LogP contribution is -2.25. The number of ether oxygens (including phenoxy) is 1. The largest absolute Gasteiger partial charge is 0.497 e. The Morgan fingerprint density at radius 1 is 1.35 bits per heavy atom. The lowest BCUT2D eigenvalue weighted by atomic mass is 10.3. The van der Waals surface area contributed by atoms with Gasteiger partial charge in [-0.1, -0.05) is 22.9 Å². The predicted molar refractivity (Wildman–Crippen MR) is 71.2 cm³/mol. The van der Waals surface area contributed by atoms with Crippen molar-refractivity contribution in [3.05, 3.63) is 24.3 Å². The van der Waals surface area contributed by atoms with Gasteiger partial charge in [0.15, 0.2) is 0 Å². The Balaban J connectivity index is 2.68. The van der Waals surface area contributed by atoms with Crippen LogP contribution in [0.2, 0.25) is 0 Å². The molecule has 96 valence electrons. The number of hydrogen-bond donors (Lipinski definition) is 1. The Morgan fingerprint density at radius 3 is 2.41 bits per heavy atom. The van der Waals surface area contributed by atoms with Crippen molar-refractivity contribution in [1.29, 1.82) is 0 Å². The molecule has 0 amide bonds. The number of alkyl halides is 1. The van der Waals surface area contributed by atoms with Crippen molar-refractivity contribution in [2.45, 2.75) is 23.1 Å². The number of sulfonamides is 1. The van der Waals surface area contributed by atoms with Crippen LogP contribution >= 0.6 is 15.9 Å². The Morgan fingerprint density at radius 2 is 1.94 bits per heavy atom. The van der Waals surface area contributed by atoms with Crippen molar-refractivity contribution >= 4 is 26.0 Å². The van der Waals surface area contributed by atoms with Crippen molar-refractivity contribution in [3.63, 3.8) is 0 Å². The molecule has 17 heavy (non-hydrogen) atoms. The van der Waals surface area contributed by atoms with Gasteiger partial charge in [-0.05, 0) is 30.7 Å². The number of nitrogens with one attached hydrogen (secondary N) is 1. The van der Waals surface area contributed by atoms with Crippen LogP contribution in [0.4, 0.5) is 0 Å². The minimum atomic E-state index is -3.41. The van der Waals surface area contributed by atoms with Gasteiger partial charge in [0.1, 0.15) is 5.75 Å². The molecule has 0 aromatic heterocycles. The van der Waals surface area contributed by atoms with Gasteiger partial charge < -0.3 is 4.74 Å². The van der Waals surface area contributed by atoms with Crippen molar-refractivity contribution in [3.8, 4) is 5.75 Å². The zero-order valence-electron chi connectivity index (χ0n) is 9.81. The highest BCUT2D eigenvalue weighted by Crippen LogP contribution is 2.15. The molecule has 1 unspecified atom stereocenters. The molecule has 0 aliphatic heterocycles. The van der Waals surface area contributed by atoms with Crippen LogP contribution in [-0.2, 0) is 10.0 Å². The van der Waals surface area contributed by atoms with Crippen molar-refractivity contribution in [2.75, 3.05) is 13.7 Å². The van der Waals surface area contributed by atoms with Gasteiger partial charge in [0, 0.05) is 11.4 Å². The van der Waals surface area contributed by atoms with Crippen molar-refractivity contribution in [1.82, 2.24) is 4.72 Å². The summed E-state index contributed by atoms with van der Waals surface area (Å²) in [5.41, 5.74) is 0. The average molecular weight is 322 g/mol. The van der Waals surface area contributed by atoms with E-state index in [2.05, 4.69) is 20.7 Å². The molecule has 0 heterocycles. The van der Waals surface area contributed by atoms with Crippen molar-refractivity contribution in [2.24, 2.45) is 0 Å². The summed E-state index contributed by atoms with van der Waals surface area (Å²) in [7, 11) is -1.87. The van der Waals surface area contributed by atoms with E-state index >= 15 is 0 Å². The first-order valence-corrected chi connectivity index (χ1v) is 7.63. The summed E-state index contributed by atoms with van der Waals surface area (Å²) in [5, 5.41) is 0. The highest BCUT2D eigenvalue weighted by Gasteiger charge is 2.13. The van der Waals surface area contributed by atoms with Crippen LogP contribution in [0.1, 0.15) is 13.3 Å². The summed E-state index contributed by atoms with van der Waals surface area (Å²) in [6.07, 6.45) is 0.745. The van der Waals surface area contributed by atoms with E-state index in [4.69, 9.17) is 4.74 Å². The first-order chi connectivity index (χ1) is 7.95. The monoisotopic (exact) mass is 321 g/mol. The third kappa shape index (κ3) is 4.65. The van der Waals surface area contributed by atoms with Gasteiger partial charge in [-0.2, -0.15) is 0 Å². The minimum absolute atomic E-state index is 0.250. The van der Waals surface area contributed by atoms with Gasteiger partial charge >= 0.3 is 0 Å². The van der Waals surface area contributed by atoms with Gasteiger partial charge in [-0.15, -0.1) is 0 Å². The Labute approximate surface area is 111 Å². The molecule has 1 N–H and O–H groups in total. The molecular formula is C11H16BrNO3S. The van der Waals surface area contributed by atoms with E-state index in [0.29, 0.717) is 17.1 Å². The Kier molecular flexibility index (Phi) is 5.42. The molecule has 0 fully saturated rings. The van der Waals surface area contributed by atoms with Gasteiger partial charge in [-0.25, -0.2) is 13.1 Å². The quantitative estimate of drug-likeness (QED) is 0.817. The molecule has 1 rings (SSSR count). The summed E-state index contributed by atoms with van der Waals surface area (Å²) in [5.74, 6) is 0.637. The molecule has 0 bridgehead atoms. The number of methoxy groups -OCH3 is 1. The van der Waals surface area contributed by atoms with Crippen LogP contribution in [0, 0.1) is 0 Å². The number of rotatable bonds is 6. The maximum atomic E-state index is 11.8. The van der Waals surface area contributed by atoms with E-state index in [9.17, 15) is 8.42 Å². The lowest BCUT2D eigenvalue weighted by molar-refractivity contribution is 0.414.